The maximum atomic E-state index is 12.2. The lowest BCUT2D eigenvalue weighted by Gasteiger charge is -2.20. The number of rotatable bonds is 7. The summed E-state index contributed by atoms with van der Waals surface area (Å²) in [5.41, 5.74) is 5.47. The van der Waals surface area contributed by atoms with Crippen LogP contribution in [0.5, 0.6) is 5.75 Å². The third kappa shape index (κ3) is 6.45. The fourth-order valence-corrected chi connectivity index (χ4v) is 2.72. The van der Waals surface area contributed by atoms with Crippen LogP contribution >= 0.6 is 0 Å². The summed E-state index contributed by atoms with van der Waals surface area (Å²) in [5.74, 6) is -0.245. The maximum Gasteiger partial charge on any atom is 0.255 e. The van der Waals surface area contributed by atoms with Crippen LogP contribution in [0.2, 0.25) is 0 Å². The largest absolute Gasteiger partial charge is 0.484 e. The number of nitrogens with two attached hydrogens (primary N) is 1. The highest BCUT2D eigenvalue weighted by Gasteiger charge is 2.15. The molecule has 0 radical (unpaired) electrons. The van der Waals surface area contributed by atoms with Gasteiger partial charge < -0.3 is 20.7 Å². The van der Waals surface area contributed by atoms with Crippen molar-refractivity contribution in [2.24, 2.45) is 5.73 Å². The van der Waals surface area contributed by atoms with E-state index in [2.05, 4.69) is 5.32 Å². The smallest absolute Gasteiger partial charge is 0.255 e. The molecular formula is C18H25N3O4. The molecule has 0 bridgehead atoms. The van der Waals surface area contributed by atoms with Crippen molar-refractivity contribution in [2.75, 3.05) is 26.2 Å². The Bertz CT molecular complexity index is 593. The lowest BCUT2D eigenvalue weighted by atomic mass is 10.2. The number of hydrogen-bond donors (Lipinski definition) is 2. The topological polar surface area (TPSA) is 102 Å². The number of carbonyl (C=O) groups is 3. The summed E-state index contributed by atoms with van der Waals surface area (Å²) >= 11 is 0. The molecule has 1 aliphatic heterocycles. The van der Waals surface area contributed by atoms with Gasteiger partial charge in [-0.05, 0) is 37.1 Å². The summed E-state index contributed by atoms with van der Waals surface area (Å²) in [6, 6.07) is 6.39. The standard InChI is InChI=1S/C18H25N3O4/c19-16(22)13-25-15-7-5-14(6-8-15)18(24)20-10-9-17(23)21-11-3-1-2-4-12-21/h5-8H,1-4,9-13H2,(H2,19,22)(H,20,24). The number of primary amides is 1. The molecule has 1 saturated heterocycles. The van der Waals surface area contributed by atoms with Crippen LogP contribution in [0.15, 0.2) is 24.3 Å². The van der Waals surface area contributed by atoms with Crippen LogP contribution in [0, 0.1) is 0 Å². The second-order valence-electron chi connectivity index (χ2n) is 6.08. The molecule has 1 aliphatic rings. The minimum Gasteiger partial charge on any atom is -0.484 e. The molecule has 2 rings (SSSR count). The van der Waals surface area contributed by atoms with Crippen molar-refractivity contribution in [1.82, 2.24) is 10.2 Å². The molecule has 3 N–H and O–H groups in total. The zero-order valence-corrected chi connectivity index (χ0v) is 14.3. The summed E-state index contributed by atoms with van der Waals surface area (Å²) < 4.78 is 5.14. The first-order valence-electron chi connectivity index (χ1n) is 8.63. The maximum absolute atomic E-state index is 12.2. The van der Waals surface area contributed by atoms with Gasteiger partial charge in [-0.25, -0.2) is 0 Å². The first kappa shape index (κ1) is 18.8. The van der Waals surface area contributed by atoms with Gasteiger partial charge in [-0.15, -0.1) is 0 Å². The molecule has 0 spiro atoms. The summed E-state index contributed by atoms with van der Waals surface area (Å²) in [6.45, 7) is 1.75. The van der Waals surface area contributed by atoms with E-state index in [4.69, 9.17) is 10.5 Å². The minimum absolute atomic E-state index is 0.0948. The van der Waals surface area contributed by atoms with E-state index in [9.17, 15) is 14.4 Å². The van der Waals surface area contributed by atoms with E-state index < -0.39 is 5.91 Å². The van der Waals surface area contributed by atoms with E-state index in [1.807, 2.05) is 4.90 Å². The Labute approximate surface area is 147 Å². The van der Waals surface area contributed by atoms with E-state index in [-0.39, 0.29) is 18.4 Å². The summed E-state index contributed by atoms with van der Waals surface area (Å²) in [7, 11) is 0. The van der Waals surface area contributed by atoms with E-state index in [1.165, 1.54) is 12.8 Å². The van der Waals surface area contributed by atoms with Crippen LogP contribution in [-0.2, 0) is 9.59 Å². The van der Waals surface area contributed by atoms with Gasteiger partial charge in [0.15, 0.2) is 6.61 Å². The highest BCUT2D eigenvalue weighted by molar-refractivity contribution is 5.94. The average molecular weight is 347 g/mol. The first-order valence-corrected chi connectivity index (χ1v) is 8.63. The van der Waals surface area contributed by atoms with E-state index >= 15 is 0 Å². The van der Waals surface area contributed by atoms with Crippen LogP contribution in [0.4, 0.5) is 0 Å². The Kier molecular flexibility index (Phi) is 7.25. The zero-order valence-electron chi connectivity index (χ0n) is 14.3. The summed E-state index contributed by atoms with van der Waals surface area (Å²) in [6.07, 6.45) is 4.79. The number of amides is 3. The predicted octanol–water partition coefficient (Wildman–Crippen LogP) is 1.07. The number of likely N-dealkylation sites (tertiary alicyclic amines) is 1. The van der Waals surface area contributed by atoms with Gasteiger partial charge in [0.2, 0.25) is 5.91 Å². The van der Waals surface area contributed by atoms with E-state index in [0.717, 1.165) is 25.9 Å². The van der Waals surface area contributed by atoms with Gasteiger partial charge in [-0.3, -0.25) is 14.4 Å². The summed E-state index contributed by atoms with van der Waals surface area (Å²) in [5, 5.41) is 2.75. The average Bonchev–Trinajstić information content (AvgIpc) is 2.89. The third-order valence-electron chi connectivity index (χ3n) is 4.08. The highest BCUT2D eigenvalue weighted by Crippen LogP contribution is 2.12. The van der Waals surface area contributed by atoms with E-state index in [1.54, 1.807) is 24.3 Å². The second-order valence-corrected chi connectivity index (χ2v) is 6.08. The Morgan fingerprint density at radius 3 is 2.28 bits per heavy atom. The molecule has 0 aliphatic carbocycles. The normalized spacial score (nSPS) is 14.5. The highest BCUT2D eigenvalue weighted by atomic mass is 16.5. The molecule has 136 valence electrons. The van der Waals surface area contributed by atoms with Crippen molar-refractivity contribution >= 4 is 17.7 Å². The molecule has 1 aromatic carbocycles. The van der Waals surface area contributed by atoms with Crippen molar-refractivity contribution in [3.05, 3.63) is 29.8 Å². The number of hydrogen-bond acceptors (Lipinski definition) is 4. The Hall–Kier alpha value is -2.57. The third-order valence-corrected chi connectivity index (χ3v) is 4.08. The molecule has 0 saturated carbocycles. The van der Waals surface area contributed by atoms with E-state index in [0.29, 0.717) is 24.3 Å². The molecule has 0 atom stereocenters. The molecule has 0 unspecified atom stereocenters. The van der Waals surface area contributed by atoms with Gasteiger partial charge in [0.25, 0.3) is 11.8 Å². The number of nitrogens with zero attached hydrogens (tertiary/aromatic N) is 1. The van der Waals surface area contributed by atoms with Gasteiger partial charge in [-0.2, -0.15) is 0 Å². The number of ether oxygens (including phenoxy) is 1. The van der Waals surface area contributed by atoms with Crippen molar-refractivity contribution in [1.29, 1.82) is 0 Å². The molecule has 7 heteroatoms. The summed E-state index contributed by atoms with van der Waals surface area (Å²) in [4.78, 5) is 36.8. The molecule has 7 nitrogen and oxygen atoms in total. The van der Waals surface area contributed by atoms with Crippen molar-refractivity contribution in [3.8, 4) is 5.75 Å². The van der Waals surface area contributed by atoms with Crippen LogP contribution in [0.3, 0.4) is 0 Å². The molecule has 1 fully saturated rings. The van der Waals surface area contributed by atoms with Crippen LogP contribution in [-0.4, -0.2) is 48.9 Å². The second kappa shape index (κ2) is 9.66. The SMILES string of the molecule is NC(=O)COc1ccc(C(=O)NCCC(=O)N2CCCCCC2)cc1. The van der Waals surface area contributed by atoms with Gasteiger partial charge in [0, 0.05) is 31.6 Å². The zero-order chi connectivity index (χ0) is 18.1. The number of nitrogens with one attached hydrogen (secondary N) is 1. The molecule has 1 aromatic rings. The fraction of sp³-hybridized carbons (Fsp3) is 0.500. The van der Waals surface area contributed by atoms with Crippen molar-refractivity contribution < 1.29 is 19.1 Å². The van der Waals surface area contributed by atoms with Crippen molar-refractivity contribution in [3.63, 3.8) is 0 Å². The van der Waals surface area contributed by atoms with Crippen molar-refractivity contribution in [2.45, 2.75) is 32.1 Å². The van der Waals surface area contributed by atoms with Crippen LogP contribution < -0.4 is 15.8 Å². The molecule has 0 aromatic heterocycles. The minimum atomic E-state index is -0.559. The Morgan fingerprint density at radius 1 is 1.04 bits per heavy atom. The lowest BCUT2D eigenvalue weighted by molar-refractivity contribution is -0.131. The van der Waals surface area contributed by atoms with Crippen LogP contribution in [0.25, 0.3) is 0 Å². The van der Waals surface area contributed by atoms with Crippen LogP contribution in [0.1, 0.15) is 42.5 Å². The fourth-order valence-electron chi connectivity index (χ4n) is 2.72. The number of benzene rings is 1. The molecule has 1 heterocycles. The lowest BCUT2D eigenvalue weighted by Crippen LogP contribution is -2.35. The molecular weight excluding hydrogens is 322 g/mol. The van der Waals surface area contributed by atoms with Gasteiger partial charge in [0.05, 0.1) is 0 Å². The van der Waals surface area contributed by atoms with Gasteiger partial charge in [-0.1, -0.05) is 12.8 Å². The number of carbonyl (C=O) groups excluding carboxylic acids is 3. The Balaban J connectivity index is 1.74. The monoisotopic (exact) mass is 347 g/mol. The Morgan fingerprint density at radius 2 is 1.68 bits per heavy atom. The molecule has 3 amide bonds. The quantitative estimate of drug-likeness (QED) is 0.770. The molecule has 25 heavy (non-hydrogen) atoms. The van der Waals surface area contributed by atoms with Gasteiger partial charge >= 0.3 is 0 Å². The first-order chi connectivity index (χ1) is 12.1. The predicted molar refractivity (Wildman–Crippen MR) is 93.1 cm³/mol. The van der Waals surface area contributed by atoms with Gasteiger partial charge in [0.1, 0.15) is 5.75 Å².